The second kappa shape index (κ2) is 5.72. The largest absolute Gasteiger partial charge is 0.481 e. The zero-order chi connectivity index (χ0) is 15.5. The number of anilines is 3. The number of aromatic nitrogens is 1. The zero-order valence-electron chi connectivity index (χ0n) is 11.6. The summed E-state index contributed by atoms with van der Waals surface area (Å²) in [5, 5.41) is 17.4. The third-order valence-electron chi connectivity index (χ3n) is 3.30. The summed E-state index contributed by atoms with van der Waals surface area (Å²) in [6.07, 6.45) is 1.62. The number of benzene rings is 1. The molecule has 0 unspecified atom stereocenters. The van der Waals surface area contributed by atoms with Gasteiger partial charge in [-0.2, -0.15) is 0 Å². The van der Waals surface area contributed by atoms with E-state index in [0.717, 1.165) is 22.5 Å². The minimum atomic E-state index is -0.856. The van der Waals surface area contributed by atoms with E-state index in [1.807, 2.05) is 18.2 Å². The molecule has 1 aromatic heterocycles. The van der Waals surface area contributed by atoms with Crippen LogP contribution in [0.25, 0.3) is 0 Å². The van der Waals surface area contributed by atoms with Crippen molar-refractivity contribution in [3.63, 3.8) is 0 Å². The van der Waals surface area contributed by atoms with Gasteiger partial charge in [-0.3, -0.25) is 10.1 Å². The van der Waals surface area contributed by atoms with E-state index in [4.69, 9.17) is 5.11 Å². The van der Waals surface area contributed by atoms with Gasteiger partial charge >= 0.3 is 12.0 Å². The fourth-order valence-electron chi connectivity index (χ4n) is 2.25. The maximum Gasteiger partial charge on any atom is 0.320 e. The summed E-state index contributed by atoms with van der Waals surface area (Å²) in [5.74, 6) is -0.318. The first-order valence-corrected chi connectivity index (χ1v) is 6.72. The molecule has 0 saturated heterocycles. The zero-order valence-corrected chi connectivity index (χ0v) is 11.6. The van der Waals surface area contributed by atoms with Crippen molar-refractivity contribution in [3.8, 4) is 0 Å². The molecule has 112 valence electrons. The van der Waals surface area contributed by atoms with Crippen LogP contribution in [0.2, 0.25) is 0 Å². The number of pyridine rings is 1. The summed E-state index contributed by atoms with van der Waals surface area (Å²) in [4.78, 5) is 26.1. The molecule has 1 aromatic carbocycles. The Hall–Kier alpha value is -3.09. The first-order valence-electron chi connectivity index (χ1n) is 6.72. The Morgan fingerprint density at radius 2 is 2.05 bits per heavy atom. The minimum Gasteiger partial charge on any atom is -0.481 e. The van der Waals surface area contributed by atoms with Crippen LogP contribution >= 0.6 is 0 Å². The van der Waals surface area contributed by atoms with Crippen molar-refractivity contribution in [1.82, 2.24) is 10.3 Å². The lowest BCUT2D eigenvalue weighted by Crippen LogP contribution is -2.34. The van der Waals surface area contributed by atoms with Crippen LogP contribution in [0, 0.1) is 0 Å². The molecule has 0 spiro atoms. The van der Waals surface area contributed by atoms with Crippen molar-refractivity contribution in [1.29, 1.82) is 0 Å². The smallest absolute Gasteiger partial charge is 0.320 e. The number of carbonyl (C=O) groups excluding carboxylic acids is 1. The van der Waals surface area contributed by atoms with Crippen LogP contribution in [0.15, 0.2) is 36.5 Å². The van der Waals surface area contributed by atoms with Gasteiger partial charge in [0.25, 0.3) is 0 Å². The van der Waals surface area contributed by atoms with Crippen LogP contribution in [0.5, 0.6) is 0 Å². The number of nitrogens with one attached hydrogen (secondary N) is 3. The fourth-order valence-corrected chi connectivity index (χ4v) is 2.25. The Kier molecular flexibility index (Phi) is 3.61. The normalized spacial score (nSPS) is 12.8. The van der Waals surface area contributed by atoms with Gasteiger partial charge in [0.15, 0.2) is 0 Å². The van der Waals surface area contributed by atoms with Crippen LogP contribution in [-0.2, 0) is 17.8 Å². The average Bonchev–Trinajstić information content (AvgIpc) is 2.48. The van der Waals surface area contributed by atoms with E-state index in [1.165, 1.54) is 0 Å². The van der Waals surface area contributed by atoms with Crippen molar-refractivity contribution in [3.05, 3.63) is 47.7 Å². The van der Waals surface area contributed by atoms with Crippen molar-refractivity contribution >= 4 is 29.2 Å². The highest BCUT2D eigenvalue weighted by atomic mass is 16.4. The van der Waals surface area contributed by atoms with E-state index in [0.29, 0.717) is 12.4 Å². The summed E-state index contributed by atoms with van der Waals surface area (Å²) in [7, 11) is 0. The second-order valence-corrected chi connectivity index (χ2v) is 4.89. The molecular weight excluding hydrogens is 284 g/mol. The Balaban J connectivity index is 1.80. The van der Waals surface area contributed by atoms with Gasteiger partial charge in [-0.1, -0.05) is 12.1 Å². The Bertz CT molecular complexity index is 728. The molecule has 7 nitrogen and oxygen atoms in total. The third kappa shape index (κ3) is 2.98. The van der Waals surface area contributed by atoms with E-state index >= 15 is 0 Å². The molecule has 0 aliphatic carbocycles. The first kappa shape index (κ1) is 13.9. The van der Waals surface area contributed by atoms with Crippen molar-refractivity contribution in [2.45, 2.75) is 13.0 Å². The van der Waals surface area contributed by atoms with Crippen LogP contribution in [0.3, 0.4) is 0 Å². The van der Waals surface area contributed by atoms with Crippen molar-refractivity contribution < 1.29 is 14.7 Å². The number of carboxylic acids is 1. The number of fused-ring (bicyclic) bond motifs is 1. The number of hydrogen-bond donors (Lipinski definition) is 4. The van der Waals surface area contributed by atoms with Crippen molar-refractivity contribution in [2.75, 3.05) is 10.6 Å². The van der Waals surface area contributed by atoms with E-state index < -0.39 is 5.97 Å². The molecule has 0 fully saturated rings. The summed E-state index contributed by atoms with van der Waals surface area (Å²) in [6.45, 7) is 0.397. The molecule has 0 atom stereocenters. The number of urea groups is 1. The second-order valence-electron chi connectivity index (χ2n) is 4.89. The minimum absolute atomic E-state index is 0.000880. The standard InChI is InChI=1S/C15H14N4O3/c20-13(21)7-9-1-3-10(4-2-9)18-12-5-6-16-14-11(12)8-17-15(22)19-14/h1-6H,7-8H2,(H,20,21)(H3,16,17,18,19,22). The Morgan fingerprint density at radius 1 is 1.27 bits per heavy atom. The van der Waals surface area contributed by atoms with Crippen LogP contribution in [0.1, 0.15) is 11.1 Å². The number of rotatable bonds is 4. The number of hydrogen-bond acceptors (Lipinski definition) is 4. The van der Waals surface area contributed by atoms with Gasteiger partial charge in [0.2, 0.25) is 0 Å². The SMILES string of the molecule is O=C(O)Cc1ccc(Nc2ccnc3c2CNC(=O)N3)cc1. The highest BCUT2D eigenvalue weighted by molar-refractivity contribution is 5.92. The van der Waals surface area contributed by atoms with Gasteiger partial charge in [-0.05, 0) is 23.8 Å². The lowest BCUT2D eigenvalue weighted by Gasteiger charge is -2.20. The molecule has 7 heteroatoms. The van der Waals surface area contributed by atoms with Crippen LogP contribution < -0.4 is 16.0 Å². The Labute approximate surface area is 126 Å². The number of carbonyl (C=O) groups is 2. The van der Waals surface area contributed by atoms with Gasteiger partial charge in [-0.15, -0.1) is 0 Å². The molecule has 2 amide bonds. The molecule has 0 radical (unpaired) electrons. The predicted molar refractivity (Wildman–Crippen MR) is 81.2 cm³/mol. The monoisotopic (exact) mass is 298 g/mol. The molecule has 1 aliphatic heterocycles. The molecule has 4 N–H and O–H groups in total. The predicted octanol–water partition coefficient (Wildman–Crippen LogP) is 2.09. The Morgan fingerprint density at radius 3 is 2.77 bits per heavy atom. The summed E-state index contributed by atoms with van der Waals surface area (Å²) in [5.41, 5.74) is 3.28. The molecule has 2 aromatic rings. The maximum atomic E-state index is 11.3. The van der Waals surface area contributed by atoms with Gasteiger partial charge < -0.3 is 15.7 Å². The number of amides is 2. The quantitative estimate of drug-likeness (QED) is 0.692. The highest BCUT2D eigenvalue weighted by Crippen LogP contribution is 2.27. The fraction of sp³-hybridized carbons (Fsp3) is 0.133. The molecule has 0 saturated carbocycles. The van der Waals surface area contributed by atoms with Gasteiger partial charge in [0.05, 0.1) is 13.0 Å². The lowest BCUT2D eigenvalue weighted by atomic mass is 10.1. The molecule has 2 heterocycles. The maximum absolute atomic E-state index is 11.3. The van der Waals surface area contributed by atoms with E-state index in [9.17, 15) is 9.59 Å². The molecule has 1 aliphatic rings. The molecular formula is C15H14N4O3. The van der Waals surface area contributed by atoms with Gasteiger partial charge in [0, 0.05) is 23.1 Å². The van der Waals surface area contributed by atoms with E-state index in [1.54, 1.807) is 18.3 Å². The number of aliphatic carboxylic acids is 1. The molecule has 22 heavy (non-hydrogen) atoms. The van der Waals surface area contributed by atoms with E-state index in [2.05, 4.69) is 20.9 Å². The van der Waals surface area contributed by atoms with Crippen LogP contribution in [0.4, 0.5) is 22.0 Å². The third-order valence-corrected chi connectivity index (χ3v) is 3.30. The summed E-state index contributed by atoms with van der Waals surface area (Å²) >= 11 is 0. The number of nitrogens with zero attached hydrogens (tertiary/aromatic N) is 1. The van der Waals surface area contributed by atoms with E-state index in [-0.39, 0.29) is 12.5 Å². The molecule has 0 bridgehead atoms. The highest BCUT2D eigenvalue weighted by Gasteiger charge is 2.18. The van der Waals surface area contributed by atoms with Crippen molar-refractivity contribution in [2.24, 2.45) is 0 Å². The average molecular weight is 298 g/mol. The first-order chi connectivity index (χ1) is 10.6. The topological polar surface area (TPSA) is 103 Å². The number of carboxylic acid groups (broad SMARTS) is 1. The molecule has 3 rings (SSSR count). The van der Waals surface area contributed by atoms with Gasteiger partial charge in [-0.25, -0.2) is 9.78 Å². The summed E-state index contributed by atoms with van der Waals surface area (Å²) < 4.78 is 0. The van der Waals surface area contributed by atoms with Gasteiger partial charge in [0.1, 0.15) is 5.82 Å². The van der Waals surface area contributed by atoms with Crippen LogP contribution in [-0.4, -0.2) is 22.1 Å². The lowest BCUT2D eigenvalue weighted by molar-refractivity contribution is -0.136. The summed E-state index contributed by atoms with van der Waals surface area (Å²) in [6, 6.07) is 8.73.